The lowest BCUT2D eigenvalue weighted by Gasteiger charge is -2.13. The molecule has 0 bridgehead atoms. The first kappa shape index (κ1) is 19.2. The van der Waals surface area contributed by atoms with Gasteiger partial charge in [-0.3, -0.25) is 9.59 Å². The number of unbranched alkanes of at least 4 members (excludes halogenated alkanes) is 5. The fourth-order valence-corrected chi connectivity index (χ4v) is 2.48. The Morgan fingerprint density at radius 3 is 2.30 bits per heavy atom. The van der Waals surface area contributed by atoms with Crippen LogP contribution in [0.25, 0.3) is 0 Å². The molecule has 0 atom stereocenters. The lowest BCUT2D eigenvalue weighted by molar-refractivity contribution is -0.136. The molecule has 1 aromatic carbocycles. The van der Waals surface area contributed by atoms with Crippen molar-refractivity contribution in [1.82, 2.24) is 5.32 Å². The summed E-state index contributed by atoms with van der Waals surface area (Å²) in [5, 5.41) is 5.40. The number of para-hydroxylation sites is 1. The molecule has 0 heterocycles. The Kier molecular flexibility index (Phi) is 9.03. The first-order valence-electron chi connectivity index (χ1n) is 8.74. The third kappa shape index (κ3) is 7.31. The van der Waals surface area contributed by atoms with Gasteiger partial charge in [0.15, 0.2) is 0 Å². The Labute approximate surface area is 140 Å². The summed E-state index contributed by atoms with van der Waals surface area (Å²) in [5.41, 5.74) is 1.74. The van der Waals surface area contributed by atoms with Crippen LogP contribution in [0.15, 0.2) is 24.3 Å². The van der Waals surface area contributed by atoms with Crippen molar-refractivity contribution in [2.45, 2.75) is 65.2 Å². The van der Waals surface area contributed by atoms with Crippen LogP contribution in [0.1, 0.15) is 70.8 Å². The average Bonchev–Trinajstić information content (AvgIpc) is 2.54. The Morgan fingerprint density at radius 1 is 0.957 bits per heavy atom. The van der Waals surface area contributed by atoms with Gasteiger partial charge in [0.1, 0.15) is 0 Å². The number of hydrogen-bond acceptors (Lipinski definition) is 2. The number of carbonyl (C=O) groups excluding carboxylic acids is 2. The summed E-state index contributed by atoms with van der Waals surface area (Å²) in [4.78, 5) is 23.8. The Bertz CT molecular complexity index is 498. The molecule has 0 aliphatic carbocycles. The molecule has 0 unspecified atom stereocenters. The third-order valence-corrected chi connectivity index (χ3v) is 3.85. The molecule has 0 radical (unpaired) electrons. The zero-order valence-corrected chi connectivity index (χ0v) is 14.7. The van der Waals surface area contributed by atoms with Crippen molar-refractivity contribution in [1.29, 1.82) is 0 Å². The van der Waals surface area contributed by atoms with Crippen molar-refractivity contribution in [3.63, 3.8) is 0 Å². The minimum atomic E-state index is -0.593. The van der Waals surface area contributed by atoms with Crippen molar-refractivity contribution < 1.29 is 9.59 Å². The molecule has 128 valence electrons. The minimum Gasteiger partial charge on any atom is -0.348 e. The highest BCUT2D eigenvalue weighted by Crippen LogP contribution is 2.23. The summed E-state index contributed by atoms with van der Waals surface area (Å²) in [6.07, 6.45) is 6.96. The van der Waals surface area contributed by atoms with Crippen LogP contribution >= 0.6 is 0 Å². The molecule has 4 nitrogen and oxygen atoms in total. The van der Waals surface area contributed by atoms with Gasteiger partial charge in [0, 0.05) is 12.2 Å². The molecule has 0 spiro atoms. The molecule has 1 rings (SSSR count). The third-order valence-electron chi connectivity index (χ3n) is 3.85. The van der Waals surface area contributed by atoms with Crippen molar-refractivity contribution in [2.75, 3.05) is 11.9 Å². The van der Waals surface area contributed by atoms with E-state index < -0.39 is 11.8 Å². The van der Waals surface area contributed by atoms with Gasteiger partial charge in [-0.1, -0.05) is 71.1 Å². The maximum absolute atomic E-state index is 12.0. The van der Waals surface area contributed by atoms with Crippen molar-refractivity contribution >= 4 is 17.5 Å². The molecule has 4 heteroatoms. The average molecular weight is 318 g/mol. The van der Waals surface area contributed by atoms with Crippen LogP contribution in [-0.4, -0.2) is 18.4 Å². The van der Waals surface area contributed by atoms with E-state index in [0.29, 0.717) is 12.2 Å². The summed E-state index contributed by atoms with van der Waals surface area (Å²) < 4.78 is 0. The molecular weight excluding hydrogens is 288 g/mol. The number of hydrogen-bond donors (Lipinski definition) is 2. The fraction of sp³-hybridized carbons (Fsp3) is 0.579. The van der Waals surface area contributed by atoms with Crippen LogP contribution in [0.5, 0.6) is 0 Å². The van der Waals surface area contributed by atoms with Gasteiger partial charge in [-0.2, -0.15) is 0 Å². The molecule has 2 amide bonds. The van der Waals surface area contributed by atoms with E-state index in [1.165, 1.54) is 25.7 Å². The van der Waals surface area contributed by atoms with Gasteiger partial charge >= 0.3 is 11.8 Å². The Hall–Kier alpha value is -1.84. The van der Waals surface area contributed by atoms with Crippen LogP contribution < -0.4 is 10.6 Å². The highest BCUT2D eigenvalue weighted by Gasteiger charge is 2.15. The van der Waals surface area contributed by atoms with E-state index in [4.69, 9.17) is 0 Å². The summed E-state index contributed by atoms with van der Waals surface area (Å²) >= 11 is 0. The predicted molar refractivity (Wildman–Crippen MR) is 95.5 cm³/mol. The topological polar surface area (TPSA) is 58.2 Å². The summed E-state index contributed by atoms with van der Waals surface area (Å²) in [6.45, 7) is 6.87. The van der Waals surface area contributed by atoms with Gasteiger partial charge in [0.25, 0.3) is 0 Å². The van der Waals surface area contributed by atoms with E-state index in [2.05, 4.69) is 31.4 Å². The lowest BCUT2D eigenvalue weighted by atomic mass is 10.0. The molecule has 23 heavy (non-hydrogen) atoms. The Morgan fingerprint density at radius 2 is 1.61 bits per heavy atom. The van der Waals surface area contributed by atoms with Crippen LogP contribution in [-0.2, 0) is 9.59 Å². The molecular formula is C19H30N2O2. The smallest absolute Gasteiger partial charge is 0.313 e. The van der Waals surface area contributed by atoms with Crippen molar-refractivity contribution in [3.8, 4) is 0 Å². The number of benzene rings is 1. The van der Waals surface area contributed by atoms with E-state index in [1.54, 1.807) is 0 Å². The number of anilines is 1. The highest BCUT2D eigenvalue weighted by molar-refractivity contribution is 6.39. The van der Waals surface area contributed by atoms with Crippen molar-refractivity contribution in [2.24, 2.45) is 0 Å². The second-order valence-electron chi connectivity index (χ2n) is 6.22. The molecule has 0 aliphatic heterocycles. The van der Waals surface area contributed by atoms with E-state index in [9.17, 15) is 9.59 Å². The molecule has 0 aliphatic rings. The van der Waals surface area contributed by atoms with E-state index in [1.807, 2.05) is 24.3 Å². The number of amides is 2. The molecule has 0 fully saturated rings. The number of carbonyl (C=O) groups is 2. The van der Waals surface area contributed by atoms with Gasteiger partial charge in [-0.05, 0) is 24.0 Å². The quantitative estimate of drug-likeness (QED) is 0.529. The van der Waals surface area contributed by atoms with Crippen LogP contribution in [0.4, 0.5) is 5.69 Å². The van der Waals surface area contributed by atoms with Crippen LogP contribution in [0.2, 0.25) is 0 Å². The number of rotatable bonds is 9. The normalized spacial score (nSPS) is 10.6. The second-order valence-corrected chi connectivity index (χ2v) is 6.22. The number of nitrogens with one attached hydrogen (secondary N) is 2. The predicted octanol–water partition coefficient (Wildman–Crippen LogP) is 4.23. The lowest BCUT2D eigenvalue weighted by Crippen LogP contribution is -2.36. The molecule has 0 saturated carbocycles. The van der Waals surface area contributed by atoms with Crippen molar-refractivity contribution in [3.05, 3.63) is 29.8 Å². The van der Waals surface area contributed by atoms with Crippen LogP contribution in [0, 0.1) is 0 Å². The summed E-state index contributed by atoms with van der Waals surface area (Å²) in [5.74, 6) is -0.862. The monoisotopic (exact) mass is 318 g/mol. The first-order valence-corrected chi connectivity index (χ1v) is 8.74. The first-order chi connectivity index (χ1) is 11.1. The summed E-state index contributed by atoms with van der Waals surface area (Å²) in [7, 11) is 0. The molecule has 0 saturated heterocycles. The van der Waals surface area contributed by atoms with E-state index in [-0.39, 0.29) is 5.92 Å². The maximum Gasteiger partial charge on any atom is 0.313 e. The summed E-state index contributed by atoms with van der Waals surface area (Å²) in [6, 6.07) is 7.59. The van der Waals surface area contributed by atoms with E-state index in [0.717, 1.165) is 18.4 Å². The van der Waals surface area contributed by atoms with Gasteiger partial charge in [0.05, 0.1) is 0 Å². The minimum absolute atomic E-state index is 0.290. The highest BCUT2D eigenvalue weighted by atomic mass is 16.2. The fourth-order valence-electron chi connectivity index (χ4n) is 2.48. The standard InChI is InChI=1S/C19H30N2O2/c1-4-5-6-7-8-11-14-20-18(22)19(23)21-17-13-10-9-12-16(17)15(2)3/h9-10,12-13,15H,4-8,11,14H2,1-3H3,(H,20,22)(H,21,23). The SMILES string of the molecule is CCCCCCCCNC(=O)C(=O)Nc1ccccc1C(C)C. The van der Waals surface area contributed by atoms with Gasteiger partial charge in [0.2, 0.25) is 0 Å². The Balaban J connectivity index is 2.33. The van der Waals surface area contributed by atoms with Gasteiger partial charge in [-0.15, -0.1) is 0 Å². The zero-order chi connectivity index (χ0) is 17.1. The second kappa shape index (κ2) is 10.8. The van der Waals surface area contributed by atoms with Crippen LogP contribution in [0.3, 0.4) is 0 Å². The maximum atomic E-state index is 12.0. The molecule has 1 aromatic rings. The molecule has 0 aromatic heterocycles. The van der Waals surface area contributed by atoms with Gasteiger partial charge < -0.3 is 10.6 Å². The zero-order valence-electron chi connectivity index (χ0n) is 14.7. The van der Waals surface area contributed by atoms with E-state index >= 15 is 0 Å². The largest absolute Gasteiger partial charge is 0.348 e. The molecule has 2 N–H and O–H groups in total. The van der Waals surface area contributed by atoms with Gasteiger partial charge in [-0.25, -0.2) is 0 Å².